The van der Waals surface area contributed by atoms with Crippen LogP contribution in [0.4, 0.5) is 0 Å². The van der Waals surface area contributed by atoms with Crippen molar-refractivity contribution in [2.45, 2.75) is 84.7 Å². The van der Waals surface area contributed by atoms with Crippen LogP contribution in [-0.4, -0.2) is 25.6 Å². The van der Waals surface area contributed by atoms with Crippen LogP contribution in [0.15, 0.2) is 0 Å². The molecule has 0 radical (unpaired) electrons. The van der Waals surface area contributed by atoms with Gasteiger partial charge in [-0.15, -0.1) is 0 Å². The Kier molecular flexibility index (Phi) is 6.40. The zero-order valence-corrected chi connectivity index (χ0v) is 14.0. The van der Waals surface area contributed by atoms with Gasteiger partial charge < -0.3 is 9.53 Å². The molecule has 3 atom stereocenters. The molecule has 0 spiro atoms. The Morgan fingerprint density at radius 1 is 1.12 bits per heavy atom. The molecule has 0 aliphatic heterocycles. The Bertz CT molecular complexity index is 221. The van der Waals surface area contributed by atoms with Crippen LogP contribution >= 0.6 is 0 Å². The normalized spacial score (nSPS) is 18.9. The molecule has 0 heterocycles. The van der Waals surface area contributed by atoms with E-state index in [9.17, 15) is 5.11 Å². The van der Waals surface area contributed by atoms with Gasteiger partial charge in [0.1, 0.15) is 0 Å². The van der Waals surface area contributed by atoms with Crippen LogP contribution in [0.5, 0.6) is 0 Å². The summed E-state index contributed by atoms with van der Waals surface area (Å²) in [5.74, 6) is 0.221. The summed E-state index contributed by atoms with van der Waals surface area (Å²) in [6.45, 7) is 17.6. The van der Waals surface area contributed by atoms with Crippen molar-refractivity contribution in [3.05, 3.63) is 0 Å². The molecule has 1 N–H and O–H groups in total. The molecule has 0 aliphatic carbocycles. The third-order valence-electron chi connectivity index (χ3n) is 4.27. The maximum absolute atomic E-state index is 9.96. The minimum atomic E-state index is -1.72. The quantitative estimate of drug-likeness (QED) is 0.726. The summed E-state index contributed by atoms with van der Waals surface area (Å²) in [7, 11) is -1.72. The third-order valence-corrected chi connectivity index (χ3v) is 8.77. The monoisotopic (exact) mass is 260 g/mol. The molecule has 0 amide bonds. The molecule has 0 fully saturated rings. The van der Waals surface area contributed by atoms with Gasteiger partial charge >= 0.3 is 0 Å². The Morgan fingerprint density at radius 3 is 1.88 bits per heavy atom. The molecule has 104 valence electrons. The molecule has 0 saturated heterocycles. The van der Waals surface area contributed by atoms with Crippen molar-refractivity contribution in [2.75, 3.05) is 0 Å². The van der Waals surface area contributed by atoms with Gasteiger partial charge in [-0.2, -0.15) is 0 Å². The molecule has 17 heavy (non-hydrogen) atoms. The van der Waals surface area contributed by atoms with E-state index in [0.717, 1.165) is 12.8 Å². The van der Waals surface area contributed by atoms with Gasteiger partial charge in [-0.3, -0.25) is 0 Å². The maximum Gasteiger partial charge on any atom is 0.192 e. The summed E-state index contributed by atoms with van der Waals surface area (Å²) >= 11 is 0. The van der Waals surface area contributed by atoms with Crippen LogP contribution in [0.2, 0.25) is 18.1 Å². The van der Waals surface area contributed by atoms with Crippen molar-refractivity contribution in [1.29, 1.82) is 0 Å². The lowest BCUT2D eigenvalue weighted by molar-refractivity contribution is 0.0248. The second kappa shape index (κ2) is 6.35. The Balaban J connectivity index is 4.71. The van der Waals surface area contributed by atoms with Gasteiger partial charge in [0.2, 0.25) is 0 Å². The SMILES string of the molecule is CC[C@@H](O)[C@@H](C)[C@@H](CC)O[Si](C)(C)C(C)(C)C. The van der Waals surface area contributed by atoms with Gasteiger partial charge in [0.25, 0.3) is 0 Å². The molecule has 3 heteroatoms. The second-order valence-corrected chi connectivity index (χ2v) is 11.4. The van der Waals surface area contributed by atoms with Crippen LogP contribution in [0.3, 0.4) is 0 Å². The molecule has 0 aromatic rings. The second-order valence-electron chi connectivity index (χ2n) is 6.66. The molecule has 0 unspecified atom stereocenters. The molecule has 2 nitrogen and oxygen atoms in total. The average molecular weight is 260 g/mol. The lowest BCUT2D eigenvalue weighted by Crippen LogP contribution is -2.46. The lowest BCUT2D eigenvalue weighted by Gasteiger charge is -2.41. The van der Waals surface area contributed by atoms with Crippen LogP contribution in [0.25, 0.3) is 0 Å². The Labute approximate surface area is 109 Å². The molecule has 0 saturated carbocycles. The van der Waals surface area contributed by atoms with Crippen molar-refractivity contribution in [2.24, 2.45) is 5.92 Å². The number of rotatable bonds is 6. The summed E-state index contributed by atoms with van der Waals surface area (Å²) in [5, 5.41) is 10.2. The average Bonchev–Trinajstić information content (AvgIpc) is 2.22. The summed E-state index contributed by atoms with van der Waals surface area (Å²) in [5.41, 5.74) is 0. The smallest absolute Gasteiger partial charge is 0.192 e. The van der Waals surface area contributed by atoms with Crippen molar-refractivity contribution < 1.29 is 9.53 Å². The molecule has 0 aromatic carbocycles. The van der Waals surface area contributed by atoms with E-state index >= 15 is 0 Å². The number of hydrogen-bond donors (Lipinski definition) is 1. The highest BCUT2D eigenvalue weighted by Crippen LogP contribution is 2.38. The zero-order chi connectivity index (χ0) is 13.9. The van der Waals surface area contributed by atoms with Gasteiger partial charge in [-0.25, -0.2) is 0 Å². The van der Waals surface area contributed by atoms with E-state index in [-0.39, 0.29) is 23.2 Å². The van der Waals surface area contributed by atoms with E-state index in [1.54, 1.807) is 0 Å². The molecule has 0 aliphatic rings. The van der Waals surface area contributed by atoms with Crippen LogP contribution in [0, 0.1) is 5.92 Å². The molecule has 0 rings (SSSR count). The first-order valence-electron chi connectivity index (χ1n) is 6.92. The minimum Gasteiger partial charge on any atom is -0.414 e. The van der Waals surface area contributed by atoms with Crippen molar-refractivity contribution in [3.63, 3.8) is 0 Å². The summed E-state index contributed by atoms with van der Waals surface area (Å²) in [6, 6.07) is 0. The fourth-order valence-corrected chi connectivity index (χ4v) is 3.23. The van der Waals surface area contributed by atoms with E-state index in [4.69, 9.17) is 4.43 Å². The summed E-state index contributed by atoms with van der Waals surface area (Å²) in [4.78, 5) is 0. The van der Waals surface area contributed by atoms with Gasteiger partial charge in [-0.1, -0.05) is 41.5 Å². The number of hydrogen-bond acceptors (Lipinski definition) is 2. The predicted octanol–water partition coefficient (Wildman–Crippen LogP) is 4.19. The zero-order valence-electron chi connectivity index (χ0n) is 13.0. The van der Waals surface area contributed by atoms with Crippen LogP contribution in [0.1, 0.15) is 54.4 Å². The van der Waals surface area contributed by atoms with E-state index in [1.165, 1.54) is 0 Å². The predicted molar refractivity (Wildman–Crippen MR) is 77.8 cm³/mol. The highest BCUT2D eigenvalue weighted by molar-refractivity contribution is 6.74. The summed E-state index contributed by atoms with van der Waals surface area (Å²) < 4.78 is 6.42. The first kappa shape index (κ1) is 17.1. The largest absolute Gasteiger partial charge is 0.414 e. The number of aliphatic hydroxyl groups excluding tert-OH is 1. The molecular weight excluding hydrogens is 228 g/mol. The van der Waals surface area contributed by atoms with E-state index in [0.29, 0.717) is 0 Å². The fraction of sp³-hybridized carbons (Fsp3) is 1.00. The Morgan fingerprint density at radius 2 is 1.59 bits per heavy atom. The third kappa shape index (κ3) is 4.72. The molecular formula is C14H32O2Si. The van der Waals surface area contributed by atoms with Crippen LogP contribution in [-0.2, 0) is 4.43 Å². The van der Waals surface area contributed by atoms with E-state index < -0.39 is 8.32 Å². The van der Waals surface area contributed by atoms with Gasteiger partial charge in [0, 0.05) is 12.0 Å². The maximum atomic E-state index is 9.96. The van der Waals surface area contributed by atoms with Crippen molar-refractivity contribution >= 4 is 8.32 Å². The Hall–Kier alpha value is 0.137. The fourth-order valence-electron chi connectivity index (χ4n) is 1.74. The van der Waals surface area contributed by atoms with Gasteiger partial charge in [0.05, 0.1) is 6.10 Å². The van der Waals surface area contributed by atoms with Crippen molar-refractivity contribution in [1.82, 2.24) is 0 Å². The summed E-state index contributed by atoms with van der Waals surface area (Å²) in [6.07, 6.45) is 1.72. The lowest BCUT2D eigenvalue weighted by atomic mass is 9.95. The van der Waals surface area contributed by atoms with Gasteiger partial charge in [0.15, 0.2) is 8.32 Å². The number of aliphatic hydroxyl groups is 1. The molecule has 0 aromatic heterocycles. The first-order valence-corrected chi connectivity index (χ1v) is 9.83. The topological polar surface area (TPSA) is 29.5 Å². The van der Waals surface area contributed by atoms with Crippen LogP contribution < -0.4 is 0 Å². The highest BCUT2D eigenvalue weighted by Gasteiger charge is 2.40. The standard InChI is InChI=1S/C14H32O2Si/c1-9-12(15)11(3)13(10-2)16-17(7,8)14(4,5)6/h11-13,15H,9-10H2,1-8H3/t11-,12-,13-/m1/s1. The molecule has 0 bridgehead atoms. The van der Waals surface area contributed by atoms with Gasteiger partial charge in [-0.05, 0) is 31.0 Å². The van der Waals surface area contributed by atoms with E-state index in [1.807, 2.05) is 6.92 Å². The minimum absolute atomic E-state index is 0.186. The van der Waals surface area contributed by atoms with Crippen molar-refractivity contribution in [3.8, 4) is 0 Å². The first-order chi connectivity index (χ1) is 7.56. The highest BCUT2D eigenvalue weighted by atomic mass is 28.4. The van der Waals surface area contributed by atoms with E-state index in [2.05, 4.69) is 47.7 Å².